The molecule has 0 saturated heterocycles. The van der Waals surface area contributed by atoms with Gasteiger partial charge in [-0.25, -0.2) is 0 Å². The molecule has 0 fully saturated rings. The minimum atomic E-state index is 0.552. The first kappa shape index (κ1) is 28.1. The van der Waals surface area contributed by atoms with E-state index < -0.39 is 0 Å². The first-order chi connectivity index (χ1) is 17.1. The van der Waals surface area contributed by atoms with Gasteiger partial charge in [-0.15, -0.1) is 0 Å². The van der Waals surface area contributed by atoms with Crippen LogP contribution in [-0.2, 0) is 4.79 Å². The van der Waals surface area contributed by atoms with Gasteiger partial charge in [0.15, 0.2) is 0 Å². The molecule has 0 aromatic heterocycles. The van der Waals surface area contributed by atoms with Crippen molar-refractivity contribution in [1.82, 2.24) is 4.90 Å². The molecule has 2 aromatic carbocycles. The second kappa shape index (κ2) is 12.2. The van der Waals surface area contributed by atoms with Gasteiger partial charge in [-0.2, -0.15) is 0 Å². The number of allylic oxidation sites excluding steroid dienone is 5. The van der Waals surface area contributed by atoms with E-state index in [9.17, 15) is 4.79 Å². The lowest BCUT2D eigenvalue weighted by molar-refractivity contribution is -0.105. The van der Waals surface area contributed by atoms with E-state index >= 15 is 0 Å². The van der Waals surface area contributed by atoms with Crippen LogP contribution in [0.3, 0.4) is 0 Å². The molecule has 36 heavy (non-hydrogen) atoms. The summed E-state index contributed by atoms with van der Waals surface area (Å²) in [4.78, 5) is 14.3. The number of aldehydes is 1. The summed E-state index contributed by atoms with van der Waals surface area (Å²) in [7, 11) is 2.10. The molecule has 0 unspecified atom stereocenters. The maximum Gasteiger partial charge on any atom is 0.146 e. The molecule has 0 amide bonds. The molecule has 192 valence electrons. The number of rotatable bonds is 9. The summed E-state index contributed by atoms with van der Waals surface area (Å²) in [6.07, 6.45) is 5.44. The molecule has 5 heteroatoms. The van der Waals surface area contributed by atoms with Gasteiger partial charge in [-0.1, -0.05) is 42.3 Å². The average Bonchev–Trinajstić information content (AvgIpc) is 2.84. The second-order valence-corrected chi connectivity index (χ2v) is 10.4. The van der Waals surface area contributed by atoms with Crippen LogP contribution in [0.2, 0.25) is 10.0 Å². The Morgan fingerprint density at radius 2 is 1.75 bits per heavy atom. The predicted octanol–water partition coefficient (Wildman–Crippen LogP) is 8.76. The van der Waals surface area contributed by atoms with Crippen molar-refractivity contribution in [3.05, 3.63) is 85.0 Å². The van der Waals surface area contributed by atoms with Crippen LogP contribution in [0, 0.1) is 20.8 Å². The third-order valence-electron chi connectivity index (χ3n) is 7.15. The number of ether oxygens (including phenoxy) is 1. The Balaban J connectivity index is 1.94. The third kappa shape index (κ3) is 5.90. The molecular formula is C31H37Cl2NO2. The van der Waals surface area contributed by atoms with Crippen molar-refractivity contribution >= 4 is 40.6 Å². The monoisotopic (exact) mass is 525 g/mol. The minimum Gasteiger partial charge on any atom is -0.494 e. The highest BCUT2D eigenvalue weighted by Crippen LogP contribution is 2.40. The van der Waals surface area contributed by atoms with Gasteiger partial charge in [0.25, 0.3) is 0 Å². The van der Waals surface area contributed by atoms with Crippen molar-refractivity contribution in [2.45, 2.75) is 60.8 Å². The van der Waals surface area contributed by atoms with Gasteiger partial charge in [-0.05, 0) is 111 Å². The van der Waals surface area contributed by atoms with Crippen molar-refractivity contribution < 1.29 is 9.53 Å². The van der Waals surface area contributed by atoms with Crippen LogP contribution in [-0.4, -0.2) is 31.4 Å². The Morgan fingerprint density at radius 1 is 1.08 bits per heavy atom. The molecule has 0 radical (unpaired) electrons. The standard InChI is InChI=1S/C31H37Cl2NO2/c1-8-24(18-35)27(10-9-15-36-25-16-20(3)31(33)21(4)17-25)26-11-12-28(32)30(22(26)5)29-19(2)13-14-34(7)23(29)6/h11-13,16-18H,8-10,14-15H2,1-7H3/b27-24+. The molecule has 3 nitrogen and oxygen atoms in total. The number of carbonyl (C=O) groups excluding carboxylic acids is 1. The van der Waals surface area contributed by atoms with Crippen molar-refractivity contribution in [2.24, 2.45) is 0 Å². The summed E-state index contributed by atoms with van der Waals surface area (Å²) in [6.45, 7) is 13.8. The van der Waals surface area contributed by atoms with Crippen LogP contribution < -0.4 is 4.74 Å². The van der Waals surface area contributed by atoms with E-state index in [2.05, 4.69) is 44.9 Å². The van der Waals surface area contributed by atoms with Gasteiger partial charge in [0, 0.05) is 40.5 Å². The highest BCUT2D eigenvalue weighted by molar-refractivity contribution is 6.33. The molecular weight excluding hydrogens is 489 g/mol. The zero-order chi connectivity index (χ0) is 26.6. The van der Waals surface area contributed by atoms with E-state index in [0.717, 1.165) is 80.4 Å². The maximum atomic E-state index is 12.1. The molecule has 1 aliphatic heterocycles. The Kier molecular flexibility index (Phi) is 9.49. The zero-order valence-electron chi connectivity index (χ0n) is 22.5. The lowest BCUT2D eigenvalue weighted by Gasteiger charge is -2.29. The Labute approximate surface area is 226 Å². The Morgan fingerprint density at radius 3 is 2.36 bits per heavy atom. The van der Waals surface area contributed by atoms with Crippen LogP contribution >= 0.6 is 23.2 Å². The fourth-order valence-electron chi connectivity index (χ4n) is 4.94. The fraction of sp³-hybridized carbons (Fsp3) is 0.387. The first-order valence-corrected chi connectivity index (χ1v) is 13.3. The Bertz CT molecular complexity index is 1230. The molecule has 1 heterocycles. The van der Waals surface area contributed by atoms with Crippen molar-refractivity contribution in [3.8, 4) is 5.75 Å². The molecule has 1 aliphatic rings. The number of hydrogen-bond donors (Lipinski definition) is 0. The molecule has 3 rings (SSSR count). The summed E-state index contributed by atoms with van der Waals surface area (Å²) >= 11 is 13.1. The molecule has 0 spiro atoms. The number of likely N-dealkylation sites (N-methyl/N-ethyl adjacent to an activating group) is 1. The first-order valence-electron chi connectivity index (χ1n) is 12.6. The molecule has 0 N–H and O–H groups in total. The quantitative estimate of drug-likeness (QED) is 0.186. The summed E-state index contributed by atoms with van der Waals surface area (Å²) in [6, 6.07) is 7.97. The normalized spacial score (nSPS) is 14.6. The number of hydrogen-bond acceptors (Lipinski definition) is 3. The second-order valence-electron chi connectivity index (χ2n) is 9.62. The van der Waals surface area contributed by atoms with Crippen LogP contribution in [0.15, 0.2) is 47.2 Å². The van der Waals surface area contributed by atoms with Gasteiger partial charge in [0.1, 0.15) is 12.0 Å². The van der Waals surface area contributed by atoms with E-state index in [-0.39, 0.29) is 0 Å². The summed E-state index contributed by atoms with van der Waals surface area (Å²) in [5.74, 6) is 0.821. The summed E-state index contributed by atoms with van der Waals surface area (Å²) in [5.41, 5.74) is 10.7. The SMILES string of the molecule is CC/C(C=O)=C(/CCCOc1cc(C)c(Cl)c(C)c1)c1ccc(Cl)c(C2=C(C)N(C)CC=C2C)c1C. The molecule has 0 bridgehead atoms. The maximum absolute atomic E-state index is 12.1. The number of benzene rings is 2. The highest BCUT2D eigenvalue weighted by Gasteiger charge is 2.22. The Hall–Kier alpha value is -2.49. The fourth-order valence-corrected chi connectivity index (χ4v) is 5.35. The van der Waals surface area contributed by atoms with Crippen LogP contribution in [0.25, 0.3) is 11.1 Å². The molecule has 2 aromatic rings. The predicted molar refractivity (Wildman–Crippen MR) is 154 cm³/mol. The lowest BCUT2D eigenvalue weighted by atomic mass is 9.85. The van der Waals surface area contributed by atoms with Gasteiger partial charge in [-0.3, -0.25) is 4.79 Å². The van der Waals surface area contributed by atoms with Gasteiger partial charge in [0.05, 0.1) is 6.61 Å². The average molecular weight is 527 g/mol. The van der Waals surface area contributed by atoms with Crippen molar-refractivity contribution in [1.29, 1.82) is 0 Å². The number of nitrogens with zero attached hydrogens (tertiary/aromatic N) is 1. The zero-order valence-corrected chi connectivity index (χ0v) is 24.0. The van der Waals surface area contributed by atoms with E-state index in [1.54, 1.807) is 0 Å². The largest absolute Gasteiger partial charge is 0.494 e. The van der Waals surface area contributed by atoms with Crippen LogP contribution in [0.5, 0.6) is 5.75 Å². The molecule has 0 atom stereocenters. The van der Waals surface area contributed by atoms with Crippen molar-refractivity contribution in [3.63, 3.8) is 0 Å². The van der Waals surface area contributed by atoms with Crippen LogP contribution in [0.4, 0.5) is 0 Å². The van der Waals surface area contributed by atoms with E-state index in [1.165, 1.54) is 16.8 Å². The van der Waals surface area contributed by atoms with Crippen LogP contribution in [0.1, 0.15) is 67.9 Å². The van der Waals surface area contributed by atoms with Crippen molar-refractivity contribution in [2.75, 3.05) is 20.2 Å². The minimum absolute atomic E-state index is 0.552. The van der Waals surface area contributed by atoms with Gasteiger partial charge < -0.3 is 9.64 Å². The van der Waals surface area contributed by atoms with Gasteiger partial charge in [0.2, 0.25) is 0 Å². The number of halogens is 2. The van der Waals surface area contributed by atoms with E-state index in [0.29, 0.717) is 13.0 Å². The van der Waals surface area contributed by atoms with Gasteiger partial charge >= 0.3 is 0 Å². The van der Waals surface area contributed by atoms with E-state index in [1.807, 2.05) is 39.0 Å². The lowest BCUT2D eigenvalue weighted by Crippen LogP contribution is -2.21. The van der Waals surface area contributed by atoms with E-state index in [4.69, 9.17) is 27.9 Å². The highest BCUT2D eigenvalue weighted by atomic mass is 35.5. The smallest absolute Gasteiger partial charge is 0.146 e. The summed E-state index contributed by atoms with van der Waals surface area (Å²) in [5, 5.41) is 1.51. The number of carbonyl (C=O) groups is 1. The topological polar surface area (TPSA) is 29.5 Å². The number of aryl methyl sites for hydroxylation is 2. The summed E-state index contributed by atoms with van der Waals surface area (Å²) < 4.78 is 6.05. The third-order valence-corrected chi connectivity index (χ3v) is 8.06. The molecule has 0 saturated carbocycles. The molecule has 0 aliphatic carbocycles.